The molecule has 130 valence electrons. The zero-order valence-corrected chi connectivity index (χ0v) is 13.3. The highest BCUT2D eigenvalue weighted by atomic mass is 16.7. The molecule has 1 amide bonds. The quantitative estimate of drug-likeness (QED) is 0.399. The molecule has 1 aromatic heterocycles. The van der Waals surface area contributed by atoms with Crippen LogP contribution in [0.5, 0.6) is 0 Å². The van der Waals surface area contributed by atoms with E-state index in [4.69, 9.17) is 20.1 Å². The molecule has 1 rings (SSSR count). The number of esters is 1. The van der Waals surface area contributed by atoms with Gasteiger partial charge in [-0.3, -0.25) is 0 Å². The average molecular weight is 331 g/mol. The first-order valence-corrected chi connectivity index (χ1v) is 6.71. The number of carbonyl (C=O) groups excluding carboxylic acids is 2. The van der Waals surface area contributed by atoms with Crippen molar-refractivity contribution in [2.24, 2.45) is 0 Å². The molecule has 0 aliphatic heterocycles. The number of hydrogen-bond donors (Lipinski definition) is 4. The molecule has 1 unspecified atom stereocenters. The highest BCUT2D eigenvalue weighted by molar-refractivity contribution is 5.81. The number of aliphatic hydroxyl groups is 3. The molecule has 0 saturated carbocycles. The van der Waals surface area contributed by atoms with E-state index >= 15 is 0 Å². The lowest BCUT2D eigenvalue weighted by molar-refractivity contribution is -0.380. The SMILES string of the molecule is COC(=O)C(Cc1cnn(C(O)(O)O)c1)NC(=O)OC(C)(C)C. The second-order valence-corrected chi connectivity index (χ2v) is 5.82. The summed E-state index contributed by atoms with van der Waals surface area (Å²) >= 11 is 0. The fourth-order valence-corrected chi connectivity index (χ4v) is 1.65. The second-order valence-electron chi connectivity index (χ2n) is 5.82. The van der Waals surface area contributed by atoms with Gasteiger partial charge >= 0.3 is 18.2 Å². The predicted octanol–water partition coefficient (Wildman–Crippen LogP) is -0.963. The van der Waals surface area contributed by atoms with Crippen LogP contribution in [0.2, 0.25) is 0 Å². The first-order chi connectivity index (χ1) is 10.4. The molecular weight excluding hydrogens is 310 g/mol. The number of alkyl carbamates (subject to hydrolysis) is 1. The lowest BCUT2D eigenvalue weighted by atomic mass is 10.1. The summed E-state index contributed by atoms with van der Waals surface area (Å²) in [5, 5.41) is 32.9. The topological polar surface area (TPSA) is 143 Å². The van der Waals surface area contributed by atoms with Gasteiger partial charge in [-0.15, -0.1) is 0 Å². The Hall–Kier alpha value is -2.17. The largest absolute Gasteiger partial charge is 0.467 e. The van der Waals surface area contributed by atoms with Gasteiger partial charge < -0.3 is 30.1 Å². The standard InChI is InChI=1S/C13H21N3O7/c1-12(2,3)23-11(18)15-9(10(17)22-4)5-8-6-14-16(7-8)13(19,20)21/h6-7,9,19-21H,5H2,1-4H3,(H,15,18). The molecule has 1 heterocycles. The predicted molar refractivity (Wildman–Crippen MR) is 75.7 cm³/mol. The molecule has 0 bridgehead atoms. The van der Waals surface area contributed by atoms with Gasteiger partial charge in [-0.2, -0.15) is 9.78 Å². The maximum absolute atomic E-state index is 11.8. The van der Waals surface area contributed by atoms with Crippen molar-refractivity contribution in [3.63, 3.8) is 0 Å². The molecular formula is C13H21N3O7. The van der Waals surface area contributed by atoms with Crippen LogP contribution in [-0.4, -0.2) is 55.9 Å². The molecule has 4 N–H and O–H groups in total. The van der Waals surface area contributed by atoms with E-state index in [9.17, 15) is 9.59 Å². The summed E-state index contributed by atoms with van der Waals surface area (Å²) in [5.41, 5.74) is -0.391. The van der Waals surface area contributed by atoms with E-state index < -0.39 is 29.8 Å². The maximum atomic E-state index is 11.8. The Balaban J connectivity index is 2.81. The summed E-state index contributed by atoms with van der Waals surface area (Å²) in [4.78, 5) is 23.5. The first kappa shape index (κ1) is 18.9. The minimum atomic E-state index is -3.16. The van der Waals surface area contributed by atoms with Gasteiger partial charge in [0.25, 0.3) is 0 Å². The number of aromatic nitrogens is 2. The monoisotopic (exact) mass is 331 g/mol. The summed E-state index contributed by atoms with van der Waals surface area (Å²) in [5.74, 6) is -0.716. The van der Waals surface area contributed by atoms with Crippen molar-refractivity contribution in [2.45, 2.75) is 44.9 Å². The Bertz CT molecular complexity index is 557. The maximum Gasteiger partial charge on any atom is 0.408 e. The van der Waals surface area contributed by atoms with Gasteiger partial charge in [0.15, 0.2) is 0 Å². The lowest BCUT2D eigenvalue weighted by Gasteiger charge is -2.22. The molecule has 23 heavy (non-hydrogen) atoms. The molecule has 0 aliphatic carbocycles. The molecule has 0 radical (unpaired) electrons. The molecule has 0 fully saturated rings. The Morgan fingerprint density at radius 2 is 1.96 bits per heavy atom. The van der Waals surface area contributed by atoms with Crippen molar-refractivity contribution in [2.75, 3.05) is 7.11 Å². The zero-order valence-electron chi connectivity index (χ0n) is 13.3. The second kappa shape index (κ2) is 6.94. The van der Waals surface area contributed by atoms with Crippen LogP contribution >= 0.6 is 0 Å². The number of carbonyl (C=O) groups is 2. The van der Waals surface area contributed by atoms with E-state index in [1.807, 2.05) is 0 Å². The fourth-order valence-electron chi connectivity index (χ4n) is 1.65. The van der Waals surface area contributed by atoms with Crippen molar-refractivity contribution in [1.82, 2.24) is 15.1 Å². The molecule has 10 heteroatoms. The van der Waals surface area contributed by atoms with Crippen LogP contribution < -0.4 is 5.32 Å². The van der Waals surface area contributed by atoms with Gasteiger partial charge in [0.1, 0.15) is 11.6 Å². The summed E-state index contributed by atoms with van der Waals surface area (Å²) < 4.78 is 10.1. The van der Waals surface area contributed by atoms with Gasteiger partial charge in [-0.1, -0.05) is 0 Å². The van der Waals surface area contributed by atoms with Crippen LogP contribution in [-0.2, 0) is 26.8 Å². The third-order valence-electron chi connectivity index (χ3n) is 2.56. The Labute approximate surface area is 132 Å². The van der Waals surface area contributed by atoms with E-state index in [2.05, 4.69) is 15.2 Å². The molecule has 0 saturated heterocycles. The van der Waals surface area contributed by atoms with E-state index in [1.165, 1.54) is 6.20 Å². The van der Waals surface area contributed by atoms with Crippen LogP contribution in [0.4, 0.5) is 4.79 Å². The highest BCUT2D eigenvalue weighted by Gasteiger charge is 2.27. The van der Waals surface area contributed by atoms with Crippen LogP contribution in [0.15, 0.2) is 12.4 Å². The normalized spacial score (nSPS) is 13.3. The number of amides is 1. The van der Waals surface area contributed by atoms with Gasteiger partial charge in [0.05, 0.1) is 13.3 Å². The Kier molecular flexibility index (Phi) is 5.70. The van der Waals surface area contributed by atoms with Crippen LogP contribution in [0, 0.1) is 0 Å². The molecule has 1 atom stereocenters. The van der Waals surface area contributed by atoms with E-state index in [1.54, 1.807) is 20.8 Å². The van der Waals surface area contributed by atoms with E-state index in [-0.39, 0.29) is 6.42 Å². The van der Waals surface area contributed by atoms with Crippen LogP contribution in [0.25, 0.3) is 0 Å². The fraction of sp³-hybridized carbons (Fsp3) is 0.615. The summed E-state index contributed by atoms with van der Waals surface area (Å²) in [7, 11) is 1.16. The van der Waals surface area contributed by atoms with Gasteiger partial charge in [0.2, 0.25) is 0 Å². The molecule has 0 aliphatic rings. The van der Waals surface area contributed by atoms with Crippen molar-refractivity contribution in [1.29, 1.82) is 0 Å². The molecule has 0 spiro atoms. The van der Waals surface area contributed by atoms with E-state index in [0.717, 1.165) is 13.3 Å². The lowest BCUT2D eigenvalue weighted by Crippen LogP contribution is -2.45. The van der Waals surface area contributed by atoms with E-state index in [0.29, 0.717) is 10.2 Å². The third kappa shape index (κ3) is 6.22. The minimum Gasteiger partial charge on any atom is -0.467 e. The average Bonchev–Trinajstić information content (AvgIpc) is 2.83. The number of ether oxygens (including phenoxy) is 2. The Morgan fingerprint density at radius 3 is 2.39 bits per heavy atom. The number of nitrogens with one attached hydrogen (secondary N) is 1. The summed E-state index contributed by atoms with van der Waals surface area (Å²) in [6, 6.07) is -1.07. The Morgan fingerprint density at radius 1 is 1.35 bits per heavy atom. The van der Waals surface area contributed by atoms with Gasteiger partial charge in [-0.25, -0.2) is 9.59 Å². The number of hydrogen-bond acceptors (Lipinski definition) is 8. The van der Waals surface area contributed by atoms with Crippen molar-refractivity contribution < 1.29 is 34.4 Å². The molecule has 0 aromatic carbocycles. The minimum absolute atomic E-state index is 0.0536. The summed E-state index contributed by atoms with van der Waals surface area (Å²) in [6.45, 7) is 5.02. The zero-order chi connectivity index (χ0) is 17.8. The number of nitrogens with zero attached hydrogens (tertiary/aromatic N) is 2. The third-order valence-corrected chi connectivity index (χ3v) is 2.56. The van der Waals surface area contributed by atoms with Crippen molar-refractivity contribution in [3.8, 4) is 0 Å². The highest BCUT2D eigenvalue weighted by Crippen LogP contribution is 2.10. The van der Waals surface area contributed by atoms with Crippen molar-refractivity contribution >= 4 is 12.1 Å². The first-order valence-electron chi connectivity index (χ1n) is 6.71. The number of rotatable bonds is 5. The van der Waals surface area contributed by atoms with Gasteiger partial charge in [-0.05, 0) is 26.3 Å². The molecule has 1 aromatic rings. The molecule has 10 nitrogen and oxygen atoms in total. The number of methoxy groups -OCH3 is 1. The summed E-state index contributed by atoms with van der Waals surface area (Å²) in [6.07, 6.45) is -1.71. The van der Waals surface area contributed by atoms with Gasteiger partial charge in [0, 0.05) is 12.6 Å². The van der Waals surface area contributed by atoms with Crippen molar-refractivity contribution in [3.05, 3.63) is 18.0 Å². The van der Waals surface area contributed by atoms with Crippen LogP contribution in [0.3, 0.4) is 0 Å². The smallest absolute Gasteiger partial charge is 0.408 e. The van der Waals surface area contributed by atoms with Crippen LogP contribution in [0.1, 0.15) is 26.3 Å².